The molecule has 0 atom stereocenters. The number of nitrogens with zero attached hydrogens (tertiary/aromatic N) is 2. The number of imidazole rings is 1. The predicted octanol–water partition coefficient (Wildman–Crippen LogP) is 2.28. The quantitative estimate of drug-likeness (QED) is 0.815. The van der Waals surface area contributed by atoms with Crippen LogP contribution in [-0.2, 0) is 0 Å². The average molecular weight is 205 g/mol. The van der Waals surface area contributed by atoms with Crippen molar-refractivity contribution in [1.29, 1.82) is 0 Å². The minimum atomic E-state index is -0.245. The summed E-state index contributed by atoms with van der Waals surface area (Å²) in [5, 5.41) is 0. The second kappa shape index (κ2) is 3.73. The van der Waals surface area contributed by atoms with Crippen molar-refractivity contribution in [3.63, 3.8) is 0 Å². The topological polar surface area (TPSA) is 31.9 Å². The monoisotopic (exact) mass is 205 g/mol. The van der Waals surface area contributed by atoms with Gasteiger partial charge >= 0.3 is 0 Å². The molecule has 0 aliphatic rings. The SMILES string of the molecule is CN(C)c1ccc(F)cc1-c1cnc[nH]1. The van der Waals surface area contributed by atoms with Crippen LogP contribution < -0.4 is 4.90 Å². The molecule has 0 fully saturated rings. The molecule has 0 radical (unpaired) electrons. The lowest BCUT2D eigenvalue weighted by molar-refractivity contribution is 0.628. The number of anilines is 1. The fraction of sp³-hybridized carbons (Fsp3) is 0.182. The Balaban J connectivity index is 2.58. The van der Waals surface area contributed by atoms with E-state index in [1.54, 1.807) is 18.6 Å². The first kappa shape index (κ1) is 9.71. The number of aromatic nitrogens is 2. The molecule has 0 aliphatic carbocycles. The van der Waals surface area contributed by atoms with Gasteiger partial charge in [0.05, 0.1) is 18.2 Å². The van der Waals surface area contributed by atoms with E-state index < -0.39 is 0 Å². The minimum Gasteiger partial charge on any atom is -0.377 e. The molecule has 0 spiro atoms. The van der Waals surface area contributed by atoms with Crippen LogP contribution in [-0.4, -0.2) is 24.1 Å². The van der Waals surface area contributed by atoms with Gasteiger partial charge in [-0.25, -0.2) is 9.37 Å². The number of rotatable bonds is 2. The molecule has 1 N–H and O–H groups in total. The van der Waals surface area contributed by atoms with Gasteiger partial charge in [-0.2, -0.15) is 0 Å². The van der Waals surface area contributed by atoms with Crippen LogP contribution in [0, 0.1) is 5.82 Å². The Kier molecular flexibility index (Phi) is 2.41. The summed E-state index contributed by atoms with van der Waals surface area (Å²) in [4.78, 5) is 8.84. The fourth-order valence-electron chi connectivity index (χ4n) is 1.52. The molecule has 1 aromatic heterocycles. The molecule has 1 aromatic carbocycles. The Morgan fingerprint density at radius 1 is 1.33 bits per heavy atom. The second-order valence-corrected chi connectivity index (χ2v) is 3.52. The largest absolute Gasteiger partial charge is 0.377 e. The molecule has 0 aliphatic heterocycles. The molecule has 2 rings (SSSR count). The molecular weight excluding hydrogens is 193 g/mol. The van der Waals surface area contributed by atoms with Crippen molar-refractivity contribution < 1.29 is 4.39 Å². The molecule has 0 bridgehead atoms. The van der Waals surface area contributed by atoms with Crippen LogP contribution in [0.1, 0.15) is 0 Å². The predicted molar refractivity (Wildman–Crippen MR) is 58.3 cm³/mol. The van der Waals surface area contributed by atoms with Crippen LogP contribution in [0.2, 0.25) is 0 Å². The smallest absolute Gasteiger partial charge is 0.124 e. The van der Waals surface area contributed by atoms with E-state index in [9.17, 15) is 4.39 Å². The number of halogens is 1. The Labute approximate surface area is 87.6 Å². The molecule has 2 aromatic rings. The summed E-state index contributed by atoms with van der Waals surface area (Å²) in [6.45, 7) is 0. The summed E-state index contributed by atoms with van der Waals surface area (Å²) in [5.41, 5.74) is 2.59. The van der Waals surface area contributed by atoms with Crippen LogP contribution in [0.3, 0.4) is 0 Å². The van der Waals surface area contributed by atoms with Crippen molar-refractivity contribution in [3.05, 3.63) is 36.5 Å². The maximum Gasteiger partial charge on any atom is 0.124 e. The molecule has 1 heterocycles. The van der Waals surface area contributed by atoms with E-state index in [2.05, 4.69) is 9.97 Å². The summed E-state index contributed by atoms with van der Waals surface area (Å²) in [7, 11) is 3.85. The van der Waals surface area contributed by atoms with Gasteiger partial charge in [0, 0.05) is 25.3 Å². The number of hydrogen-bond acceptors (Lipinski definition) is 2. The normalized spacial score (nSPS) is 10.3. The maximum absolute atomic E-state index is 13.1. The van der Waals surface area contributed by atoms with Crippen LogP contribution >= 0.6 is 0 Å². The number of benzene rings is 1. The Morgan fingerprint density at radius 2 is 2.13 bits per heavy atom. The number of aromatic amines is 1. The van der Waals surface area contributed by atoms with Crippen molar-refractivity contribution in [2.24, 2.45) is 0 Å². The molecule has 0 saturated carbocycles. The van der Waals surface area contributed by atoms with E-state index in [0.717, 1.165) is 16.9 Å². The van der Waals surface area contributed by atoms with Gasteiger partial charge in [0.2, 0.25) is 0 Å². The molecule has 4 heteroatoms. The Morgan fingerprint density at radius 3 is 2.73 bits per heavy atom. The van der Waals surface area contributed by atoms with Crippen molar-refractivity contribution >= 4 is 5.69 Å². The van der Waals surface area contributed by atoms with Crippen LogP contribution in [0.4, 0.5) is 10.1 Å². The van der Waals surface area contributed by atoms with E-state index in [1.807, 2.05) is 19.0 Å². The van der Waals surface area contributed by atoms with Gasteiger partial charge in [-0.3, -0.25) is 0 Å². The van der Waals surface area contributed by atoms with Crippen LogP contribution in [0.5, 0.6) is 0 Å². The lowest BCUT2D eigenvalue weighted by Gasteiger charge is -2.16. The first-order chi connectivity index (χ1) is 7.18. The fourth-order valence-corrected chi connectivity index (χ4v) is 1.52. The lowest BCUT2D eigenvalue weighted by atomic mass is 10.1. The first-order valence-corrected chi connectivity index (χ1v) is 4.64. The number of nitrogens with one attached hydrogen (secondary N) is 1. The highest BCUT2D eigenvalue weighted by Gasteiger charge is 2.08. The molecule has 0 saturated heterocycles. The molecule has 78 valence electrons. The third kappa shape index (κ3) is 1.83. The summed E-state index contributed by atoms with van der Waals surface area (Å²) < 4.78 is 13.1. The van der Waals surface area contributed by atoms with Crippen LogP contribution in [0.15, 0.2) is 30.7 Å². The van der Waals surface area contributed by atoms with E-state index in [-0.39, 0.29) is 5.82 Å². The maximum atomic E-state index is 13.1. The summed E-state index contributed by atoms with van der Waals surface area (Å²) in [6, 6.07) is 4.71. The molecule has 3 nitrogen and oxygen atoms in total. The lowest BCUT2D eigenvalue weighted by Crippen LogP contribution is -2.10. The summed E-state index contributed by atoms with van der Waals surface area (Å²) in [5.74, 6) is -0.245. The zero-order valence-corrected chi connectivity index (χ0v) is 8.66. The van der Waals surface area contributed by atoms with Crippen LogP contribution in [0.25, 0.3) is 11.3 Å². The number of hydrogen-bond donors (Lipinski definition) is 1. The van der Waals surface area contributed by atoms with Gasteiger partial charge < -0.3 is 9.88 Å². The van der Waals surface area contributed by atoms with E-state index >= 15 is 0 Å². The average Bonchev–Trinajstić information content (AvgIpc) is 2.69. The first-order valence-electron chi connectivity index (χ1n) is 4.64. The van der Waals surface area contributed by atoms with Gasteiger partial charge in [-0.1, -0.05) is 0 Å². The van der Waals surface area contributed by atoms with Crippen molar-refractivity contribution in [1.82, 2.24) is 9.97 Å². The van der Waals surface area contributed by atoms with Crippen molar-refractivity contribution in [3.8, 4) is 11.3 Å². The zero-order chi connectivity index (χ0) is 10.8. The zero-order valence-electron chi connectivity index (χ0n) is 8.66. The summed E-state index contributed by atoms with van der Waals surface area (Å²) >= 11 is 0. The van der Waals surface area contributed by atoms with Gasteiger partial charge in [0.25, 0.3) is 0 Å². The second-order valence-electron chi connectivity index (χ2n) is 3.52. The molecule has 15 heavy (non-hydrogen) atoms. The minimum absolute atomic E-state index is 0.245. The molecular formula is C11H12FN3. The Hall–Kier alpha value is -1.84. The van der Waals surface area contributed by atoms with Gasteiger partial charge in [-0.15, -0.1) is 0 Å². The van der Waals surface area contributed by atoms with E-state index in [0.29, 0.717) is 0 Å². The highest BCUT2D eigenvalue weighted by molar-refractivity contribution is 5.75. The Bertz CT molecular complexity index is 449. The highest BCUT2D eigenvalue weighted by Crippen LogP contribution is 2.28. The molecule has 0 unspecified atom stereocenters. The van der Waals surface area contributed by atoms with Gasteiger partial charge in [-0.05, 0) is 18.2 Å². The van der Waals surface area contributed by atoms with Crippen molar-refractivity contribution in [2.45, 2.75) is 0 Å². The van der Waals surface area contributed by atoms with E-state index in [4.69, 9.17) is 0 Å². The molecule has 0 amide bonds. The van der Waals surface area contributed by atoms with Gasteiger partial charge in [0.15, 0.2) is 0 Å². The standard InChI is InChI=1S/C11H12FN3/c1-15(2)11-4-3-8(12)5-9(11)10-6-13-7-14-10/h3-7H,1-2H3,(H,13,14). The number of H-pyrrole nitrogens is 1. The third-order valence-corrected chi connectivity index (χ3v) is 2.23. The highest BCUT2D eigenvalue weighted by atomic mass is 19.1. The van der Waals surface area contributed by atoms with Crippen molar-refractivity contribution in [2.75, 3.05) is 19.0 Å². The summed E-state index contributed by atoms with van der Waals surface area (Å²) in [6.07, 6.45) is 3.27. The third-order valence-electron chi connectivity index (χ3n) is 2.23. The van der Waals surface area contributed by atoms with E-state index in [1.165, 1.54) is 12.1 Å². The van der Waals surface area contributed by atoms with Gasteiger partial charge in [0.1, 0.15) is 5.82 Å².